The number of nitrogens with one attached hydrogen (secondary N) is 1. The van der Waals surface area contributed by atoms with Crippen molar-refractivity contribution < 1.29 is 19.1 Å². The standard InChI is InChI=1S/C21H20N2O4/c1-26-19-10-6-3-7-14(19)13-18(21(25)27-2)23-20(24)16-11-12-22-17-9-5-4-8-15(16)17/h3-12,18H,13H2,1-2H3,(H,23,24)/t18-/m0/s1. The molecule has 1 heterocycles. The second-order valence-electron chi connectivity index (χ2n) is 5.94. The molecule has 0 saturated carbocycles. The van der Waals surface area contributed by atoms with Gasteiger partial charge in [0.05, 0.1) is 25.3 Å². The Balaban J connectivity index is 1.88. The van der Waals surface area contributed by atoms with E-state index in [1.807, 2.05) is 48.5 Å². The summed E-state index contributed by atoms with van der Waals surface area (Å²) in [5, 5.41) is 3.50. The first-order valence-electron chi connectivity index (χ1n) is 8.48. The largest absolute Gasteiger partial charge is 0.496 e. The highest BCUT2D eigenvalue weighted by molar-refractivity contribution is 6.07. The monoisotopic (exact) mass is 364 g/mol. The summed E-state index contributed by atoms with van der Waals surface area (Å²) in [6.07, 6.45) is 1.83. The molecular weight excluding hydrogens is 344 g/mol. The van der Waals surface area contributed by atoms with Crippen LogP contribution in [0.1, 0.15) is 15.9 Å². The van der Waals surface area contributed by atoms with Gasteiger partial charge in [0.25, 0.3) is 5.91 Å². The summed E-state index contributed by atoms with van der Waals surface area (Å²) in [5.74, 6) is -0.235. The lowest BCUT2D eigenvalue weighted by Gasteiger charge is -2.18. The zero-order valence-corrected chi connectivity index (χ0v) is 15.1. The number of amides is 1. The molecule has 1 amide bonds. The lowest BCUT2D eigenvalue weighted by molar-refractivity contribution is -0.142. The van der Waals surface area contributed by atoms with E-state index >= 15 is 0 Å². The van der Waals surface area contributed by atoms with E-state index < -0.39 is 12.0 Å². The zero-order chi connectivity index (χ0) is 19.2. The minimum absolute atomic E-state index is 0.255. The van der Waals surface area contributed by atoms with Crippen LogP contribution in [0.3, 0.4) is 0 Å². The predicted molar refractivity (Wildman–Crippen MR) is 102 cm³/mol. The van der Waals surface area contributed by atoms with Crippen molar-refractivity contribution in [1.82, 2.24) is 10.3 Å². The average Bonchev–Trinajstić information content (AvgIpc) is 2.72. The van der Waals surface area contributed by atoms with Crippen molar-refractivity contribution in [2.75, 3.05) is 14.2 Å². The minimum Gasteiger partial charge on any atom is -0.496 e. The van der Waals surface area contributed by atoms with Gasteiger partial charge >= 0.3 is 5.97 Å². The van der Waals surface area contributed by atoms with Crippen molar-refractivity contribution in [1.29, 1.82) is 0 Å². The molecule has 0 unspecified atom stereocenters. The van der Waals surface area contributed by atoms with E-state index in [2.05, 4.69) is 10.3 Å². The Kier molecular flexibility index (Phi) is 5.66. The average molecular weight is 364 g/mol. The molecule has 1 N–H and O–H groups in total. The third-order valence-electron chi connectivity index (χ3n) is 4.30. The fraction of sp³-hybridized carbons (Fsp3) is 0.190. The topological polar surface area (TPSA) is 77.5 Å². The van der Waals surface area contributed by atoms with Crippen molar-refractivity contribution >= 4 is 22.8 Å². The van der Waals surface area contributed by atoms with E-state index in [1.165, 1.54) is 7.11 Å². The number of nitrogens with zero attached hydrogens (tertiary/aromatic N) is 1. The number of carbonyl (C=O) groups excluding carboxylic acids is 2. The van der Waals surface area contributed by atoms with E-state index in [0.29, 0.717) is 16.8 Å². The van der Waals surface area contributed by atoms with Crippen LogP contribution in [0.25, 0.3) is 10.9 Å². The Morgan fingerprint density at radius 1 is 1.04 bits per heavy atom. The number of para-hydroxylation sites is 2. The fourth-order valence-electron chi connectivity index (χ4n) is 2.96. The Morgan fingerprint density at radius 3 is 2.56 bits per heavy atom. The molecule has 0 aliphatic rings. The van der Waals surface area contributed by atoms with Gasteiger partial charge in [-0.05, 0) is 23.8 Å². The van der Waals surface area contributed by atoms with Gasteiger partial charge in [-0.1, -0.05) is 36.4 Å². The number of rotatable bonds is 6. The Morgan fingerprint density at radius 2 is 1.78 bits per heavy atom. The normalized spacial score (nSPS) is 11.6. The minimum atomic E-state index is -0.842. The highest BCUT2D eigenvalue weighted by atomic mass is 16.5. The molecule has 0 radical (unpaired) electrons. The maximum Gasteiger partial charge on any atom is 0.328 e. The molecule has 0 fully saturated rings. The van der Waals surface area contributed by atoms with Crippen LogP contribution in [-0.4, -0.2) is 37.1 Å². The second kappa shape index (κ2) is 8.31. The van der Waals surface area contributed by atoms with Crippen molar-refractivity contribution in [2.45, 2.75) is 12.5 Å². The van der Waals surface area contributed by atoms with E-state index in [-0.39, 0.29) is 12.3 Å². The van der Waals surface area contributed by atoms with Gasteiger partial charge in [0.1, 0.15) is 11.8 Å². The number of pyridine rings is 1. The first kappa shape index (κ1) is 18.4. The van der Waals surface area contributed by atoms with Gasteiger partial charge in [-0.25, -0.2) is 4.79 Å². The summed E-state index contributed by atoms with van der Waals surface area (Å²) in [4.78, 5) is 29.4. The van der Waals surface area contributed by atoms with Gasteiger partial charge in [0, 0.05) is 18.0 Å². The molecule has 0 saturated heterocycles. The van der Waals surface area contributed by atoms with Crippen molar-refractivity contribution in [2.24, 2.45) is 0 Å². The van der Waals surface area contributed by atoms with E-state index in [9.17, 15) is 9.59 Å². The number of esters is 1. The molecule has 2 aromatic carbocycles. The van der Waals surface area contributed by atoms with Crippen molar-refractivity contribution in [3.63, 3.8) is 0 Å². The number of fused-ring (bicyclic) bond motifs is 1. The summed E-state index contributed by atoms with van der Waals surface area (Å²) in [6.45, 7) is 0. The maximum absolute atomic E-state index is 12.9. The molecule has 0 aliphatic carbocycles. The zero-order valence-electron chi connectivity index (χ0n) is 15.1. The van der Waals surface area contributed by atoms with Crippen LogP contribution in [0.5, 0.6) is 5.75 Å². The van der Waals surface area contributed by atoms with Gasteiger partial charge in [-0.15, -0.1) is 0 Å². The van der Waals surface area contributed by atoms with Gasteiger partial charge in [0.2, 0.25) is 0 Å². The summed E-state index contributed by atoms with van der Waals surface area (Å²) >= 11 is 0. The molecule has 0 bridgehead atoms. The third kappa shape index (κ3) is 4.06. The number of hydrogen-bond acceptors (Lipinski definition) is 5. The van der Waals surface area contributed by atoms with E-state index in [0.717, 1.165) is 10.9 Å². The Hall–Kier alpha value is -3.41. The number of carbonyl (C=O) groups is 2. The molecule has 138 valence electrons. The first-order chi connectivity index (χ1) is 13.1. The maximum atomic E-state index is 12.9. The molecular formula is C21H20N2O4. The summed E-state index contributed by atoms with van der Waals surface area (Å²) in [7, 11) is 2.86. The fourth-order valence-corrected chi connectivity index (χ4v) is 2.96. The Labute approximate surface area is 157 Å². The molecule has 0 aliphatic heterocycles. The molecule has 6 nitrogen and oxygen atoms in total. The quantitative estimate of drug-likeness (QED) is 0.681. The SMILES string of the molecule is COC(=O)[C@H](Cc1ccccc1OC)NC(=O)c1ccnc2ccccc12. The van der Waals surface area contributed by atoms with Gasteiger partial charge in [-0.2, -0.15) is 0 Å². The number of benzene rings is 2. The highest BCUT2D eigenvalue weighted by Gasteiger charge is 2.24. The van der Waals surface area contributed by atoms with Gasteiger partial charge in [-0.3, -0.25) is 9.78 Å². The van der Waals surface area contributed by atoms with Crippen molar-refractivity contribution in [3.8, 4) is 5.75 Å². The van der Waals surface area contributed by atoms with Crippen LogP contribution >= 0.6 is 0 Å². The Bertz CT molecular complexity index is 966. The van der Waals surface area contributed by atoms with E-state index in [4.69, 9.17) is 9.47 Å². The highest BCUT2D eigenvalue weighted by Crippen LogP contribution is 2.20. The van der Waals surface area contributed by atoms with Crippen LogP contribution in [0, 0.1) is 0 Å². The summed E-state index contributed by atoms with van der Waals surface area (Å²) in [5.41, 5.74) is 1.97. The number of hydrogen-bond donors (Lipinski definition) is 1. The molecule has 3 aromatic rings. The van der Waals surface area contributed by atoms with Gasteiger partial charge in [0.15, 0.2) is 0 Å². The smallest absolute Gasteiger partial charge is 0.328 e. The van der Waals surface area contributed by atoms with Gasteiger partial charge < -0.3 is 14.8 Å². The van der Waals surface area contributed by atoms with Crippen LogP contribution < -0.4 is 10.1 Å². The summed E-state index contributed by atoms with van der Waals surface area (Å²) < 4.78 is 10.2. The molecule has 6 heteroatoms. The van der Waals surface area contributed by atoms with Crippen LogP contribution in [0.4, 0.5) is 0 Å². The van der Waals surface area contributed by atoms with E-state index in [1.54, 1.807) is 19.4 Å². The third-order valence-corrected chi connectivity index (χ3v) is 4.30. The van der Waals surface area contributed by atoms with Crippen LogP contribution in [-0.2, 0) is 16.0 Å². The molecule has 27 heavy (non-hydrogen) atoms. The predicted octanol–water partition coefficient (Wildman–Crippen LogP) is 2.76. The van der Waals surface area contributed by atoms with Crippen molar-refractivity contribution in [3.05, 3.63) is 71.9 Å². The number of methoxy groups -OCH3 is 2. The van der Waals surface area contributed by atoms with Crippen LogP contribution in [0.2, 0.25) is 0 Å². The summed E-state index contributed by atoms with van der Waals surface area (Å²) in [6, 6.07) is 15.5. The molecule has 1 atom stereocenters. The van der Waals surface area contributed by atoms with Crippen LogP contribution in [0.15, 0.2) is 60.8 Å². The number of ether oxygens (including phenoxy) is 2. The molecule has 3 rings (SSSR count). The first-order valence-corrected chi connectivity index (χ1v) is 8.48. The lowest BCUT2D eigenvalue weighted by Crippen LogP contribution is -2.43. The second-order valence-corrected chi connectivity index (χ2v) is 5.94. The molecule has 0 spiro atoms. The lowest BCUT2D eigenvalue weighted by atomic mass is 10.0. The number of aromatic nitrogens is 1. The molecule has 1 aromatic heterocycles.